The zero-order valence-electron chi connectivity index (χ0n) is 7.97. The van der Waals surface area contributed by atoms with Crippen molar-refractivity contribution in [1.29, 1.82) is 0 Å². The van der Waals surface area contributed by atoms with Gasteiger partial charge in [0.25, 0.3) is 0 Å². The van der Waals surface area contributed by atoms with E-state index in [2.05, 4.69) is 0 Å². The van der Waals surface area contributed by atoms with E-state index in [-0.39, 0.29) is 0 Å². The zero-order valence-corrected chi connectivity index (χ0v) is 7.97. The second kappa shape index (κ2) is 3.48. The first kappa shape index (κ1) is 8.91. The third kappa shape index (κ3) is 1.52. The summed E-state index contributed by atoms with van der Waals surface area (Å²) in [6, 6.07) is 3.93. The van der Waals surface area contributed by atoms with Gasteiger partial charge in [0.1, 0.15) is 11.5 Å². The molecule has 0 spiro atoms. The van der Waals surface area contributed by atoms with Crippen LogP contribution in [0.2, 0.25) is 0 Å². The molecule has 1 aromatic rings. The Hall–Kier alpha value is -1.18. The van der Waals surface area contributed by atoms with Gasteiger partial charge in [-0.15, -0.1) is 0 Å². The normalized spacial score (nSPS) is 9.67. The standard InChI is InChI=1S/C10H14O2/c1-7-5-9(11-3)6-8(2)10(7)12-4/h5-6H,1-4H3. The first-order valence-electron chi connectivity index (χ1n) is 3.88. The number of aryl methyl sites for hydroxylation is 2. The van der Waals surface area contributed by atoms with Crippen LogP contribution < -0.4 is 9.47 Å². The molecule has 0 atom stereocenters. The second-order valence-corrected chi connectivity index (χ2v) is 2.79. The maximum absolute atomic E-state index is 5.22. The monoisotopic (exact) mass is 166 g/mol. The summed E-state index contributed by atoms with van der Waals surface area (Å²) in [6.45, 7) is 4.02. The molecule has 2 heteroatoms. The van der Waals surface area contributed by atoms with E-state index in [1.807, 2.05) is 26.0 Å². The highest BCUT2D eigenvalue weighted by Crippen LogP contribution is 2.27. The van der Waals surface area contributed by atoms with Gasteiger partial charge in [-0.25, -0.2) is 0 Å². The maximum Gasteiger partial charge on any atom is 0.124 e. The molecule has 0 aliphatic heterocycles. The highest BCUT2D eigenvalue weighted by atomic mass is 16.5. The summed E-state index contributed by atoms with van der Waals surface area (Å²) in [6.07, 6.45) is 0. The van der Waals surface area contributed by atoms with Crippen LogP contribution in [0.4, 0.5) is 0 Å². The summed E-state index contributed by atoms with van der Waals surface area (Å²) in [5, 5.41) is 0. The van der Waals surface area contributed by atoms with Crippen LogP contribution in [0.15, 0.2) is 12.1 Å². The zero-order chi connectivity index (χ0) is 9.14. The highest BCUT2D eigenvalue weighted by molar-refractivity contribution is 5.45. The molecule has 0 aliphatic carbocycles. The maximum atomic E-state index is 5.22. The third-order valence-electron chi connectivity index (χ3n) is 1.87. The van der Waals surface area contributed by atoms with Crippen molar-refractivity contribution in [1.82, 2.24) is 0 Å². The van der Waals surface area contributed by atoms with Crippen molar-refractivity contribution < 1.29 is 9.47 Å². The van der Waals surface area contributed by atoms with Crippen LogP contribution in [0, 0.1) is 13.8 Å². The Kier molecular flexibility index (Phi) is 2.58. The van der Waals surface area contributed by atoms with Crippen LogP contribution in [-0.4, -0.2) is 14.2 Å². The lowest BCUT2D eigenvalue weighted by atomic mass is 10.1. The molecule has 0 bridgehead atoms. The Labute approximate surface area is 73.1 Å². The van der Waals surface area contributed by atoms with Gasteiger partial charge in [0.15, 0.2) is 0 Å². The predicted molar refractivity (Wildman–Crippen MR) is 49.0 cm³/mol. The summed E-state index contributed by atoms with van der Waals surface area (Å²) in [5.74, 6) is 1.82. The van der Waals surface area contributed by atoms with Gasteiger partial charge in [-0.3, -0.25) is 0 Å². The molecular formula is C10H14O2. The SMILES string of the molecule is COc1cc(C)c(OC)c(C)c1. The molecule has 0 saturated carbocycles. The molecule has 0 saturated heterocycles. The van der Waals surface area contributed by atoms with Gasteiger partial charge in [0.05, 0.1) is 14.2 Å². The molecule has 0 N–H and O–H groups in total. The average molecular weight is 166 g/mol. The lowest BCUT2D eigenvalue weighted by Crippen LogP contribution is -1.92. The fourth-order valence-corrected chi connectivity index (χ4v) is 1.35. The third-order valence-corrected chi connectivity index (χ3v) is 1.87. The molecule has 0 fully saturated rings. The molecule has 0 amide bonds. The van der Waals surface area contributed by atoms with Crippen LogP contribution >= 0.6 is 0 Å². The van der Waals surface area contributed by atoms with Gasteiger partial charge in [-0.2, -0.15) is 0 Å². The second-order valence-electron chi connectivity index (χ2n) is 2.79. The number of hydrogen-bond donors (Lipinski definition) is 0. The van der Waals surface area contributed by atoms with Gasteiger partial charge in [0, 0.05) is 0 Å². The van der Waals surface area contributed by atoms with E-state index in [9.17, 15) is 0 Å². The Morgan fingerprint density at radius 2 is 1.42 bits per heavy atom. The van der Waals surface area contributed by atoms with E-state index in [1.54, 1.807) is 14.2 Å². The van der Waals surface area contributed by atoms with Gasteiger partial charge in [-0.1, -0.05) is 0 Å². The number of methoxy groups -OCH3 is 2. The number of ether oxygens (including phenoxy) is 2. The van der Waals surface area contributed by atoms with Crippen LogP contribution in [0.25, 0.3) is 0 Å². The largest absolute Gasteiger partial charge is 0.497 e. The van der Waals surface area contributed by atoms with E-state index >= 15 is 0 Å². The molecule has 66 valence electrons. The fraction of sp³-hybridized carbons (Fsp3) is 0.400. The molecule has 2 nitrogen and oxygen atoms in total. The first-order valence-corrected chi connectivity index (χ1v) is 3.88. The minimum absolute atomic E-state index is 0.880. The van der Waals surface area contributed by atoms with E-state index < -0.39 is 0 Å². The fourth-order valence-electron chi connectivity index (χ4n) is 1.35. The molecule has 1 rings (SSSR count). The minimum Gasteiger partial charge on any atom is -0.497 e. The van der Waals surface area contributed by atoms with E-state index in [1.165, 1.54) is 0 Å². The topological polar surface area (TPSA) is 18.5 Å². The Balaban J connectivity index is 3.18. The Bertz CT molecular complexity index is 256. The number of rotatable bonds is 2. The lowest BCUT2D eigenvalue weighted by Gasteiger charge is -2.10. The summed E-state index contributed by atoms with van der Waals surface area (Å²) in [4.78, 5) is 0. The molecule has 0 unspecified atom stereocenters. The van der Waals surface area contributed by atoms with Crippen LogP contribution in [-0.2, 0) is 0 Å². The minimum atomic E-state index is 0.880. The van der Waals surface area contributed by atoms with Gasteiger partial charge >= 0.3 is 0 Å². The quantitative estimate of drug-likeness (QED) is 0.671. The number of hydrogen-bond acceptors (Lipinski definition) is 2. The van der Waals surface area contributed by atoms with Crippen molar-refractivity contribution in [2.75, 3.05) is 14.2 Å². The van der Waals surface area contributed by atoms with Crippen LogP contribution in [0.1, 0.15) is 11.1 Å². The Morgan fingerprint density at radius 3 is 1.75 bits per heavy atom. The molecule has 0 heterocycles. The molecule has 0 aromatic heterocycles. The van der Waals surface area contributed by atoms with Crippen LogP contribution in [0.3, 0.4) is 0 Å². The Morgan fingerprint density at radius 1 is 0.917 bits per heavy atom. The number of benzene rings is 1. The van der Waals surface area contributed by atoms with Crippen molar-refractivity contribution in [2.45, 2.75) is 13.8 Å². The molecule has 12 heavy (non-hydrogen) atoms. The predicted octanol–water partition coefficient (Wildman–Crippen LogP) is 2.32. The summed E-state index contributed by atoms with van der Waals surface area (Å²) < 4.78 is 10.3. The van der Waals surface area contributed by atoms with E-state index in [4.69, 9.17) is 9.47 Å². The van der Waals surface area contributed by atoms with Crippen molar-refractivity contribution >= 4 is 0 Å². The van der Waals surface area contributed by atoms with E-state index in [0.29, 0.717) is 0 Å². The summed E-state index contributed by atoms with van der Waals surface area (Å²) in [7, 11) is 3.35. The van der Waals surface area contributed by atoms with Crippen molar-refractivity contribution in [2.24, 2.45) is 0 Å². The smallest absolute Gasteiger partial charge is 0.124 e. The molecule has 0 radical (unpaired) electrons. The molecule has 0 aliphatic rings. The highest BCUT2D eigenvalue weighted by Gasteiger charge is 2.04. The van der Waals surface area contributed by atoms with Crippen LogP contribution in [0.5, 0.6) is 11.5 Å². The van der Waals surface area contributed by atoms with Gasteiger partial charge in [0.2, 0.25) is 0 Å². The molecule has 1 aromatic carbocycles. The average Bonchev–Trinajstić information content (AvgIpc) is 2.03. The van der Waals surface area contributed by atoms with Crippen molar-refractivity contribution in [3.05, 3.63) is 23.3 Å². The summed E-state index contributed by atoms with van der Waals surface area (Å²) in [5.41, 5.74) is 2.21. The van der Waals surface area contributed by atoms with Gasteiger partial charge in [-0.05, 0) is 37.1 Å². The van der Waals surface area contributed by atoms with Crippen molar-refractivity contribution in [3.63, 3.8) is 0 Å². The summed E-state index contributed by atoms with van der Waals surface area (Å²) >= 11 is 0. The van der Waals surface area contributed by atoms with E-state index in [0.717, 1.165) is 22.6 Å². The van der Waals surface area contributed by atoms with Crippen molar-refractivity contribution in [3.8, 4) is 11.5 Å². The first-order chi connectivity index (χ1) is 5.69. The molecular weight excluding hydrogens is 152 g/mol. The van der Waals surface area contributed by atoms with Gasteiger partial charge < -0.3 is 9.47 Å². The lowest BCUT2D eigenvalue weighted by molar-refractivity contribution is 0.398.